The fraction of sp³-hybridized carbons (Fsp3) is 0.390. The number of rotatable bonds is 7. The summed E-state index contributed by atoms with van der Waals surface area (Å²) >= 11 is 0. The van der Waals surface area contributed by atoms with Gasteiger partial charge >= 0.3 is 5.97 Å². The Hall–Kier alpha value is -5.57. The van der Waals surface area contributed by atoms with Crippen molar-refractivity contribution < 1.29 is 38.5 Å². The highest BCUT2D eigenvalue weighted by atomic mass is 16.7. The number of aromatic nitrogens is 2. The number of quaternary nitrogens is 1. The van der Waals surface area contributed by atoms with E-state index in [-0.39, 0.29) is 41.1 Å². The van der Waals surface area contributed by atoms with Crippen molar-refractivity contribution in [3.63, 3.8) is 0 Å². The van der Waals surface area contributed by atoms with Crippen LogP contribution < -0.4 is 26.5 Å². The number of aromatic hydroxyl groups is 1. The van der Waals surface area contributed by atoms with E-state index in [0.717, 1.165) is 34.7 Å². The second-order valence-corrected chi connectivity index (χ2v) is 16.0. The smallest absolute Gasteiger partial charge is 0.341 e. The van der Waals surface area contributed by atoms with Crippen LogP contribution in [0.4, 0.5) is 11.6 Å². The van der Waals surface area contributed by atoms with Gasteiger partial charge in [-0.2, -0.15) is 0 Å². The zero-order valence-electron chi connectivity index (χ0n) is 30.8. The molecule has 284 valence electrons. The van der Waals surface area contributed by atoms with Gasteiger partial charge in [-0.15, -0.1) is 0 Å². The number of phenolic OH excluding ortho intramolecular Hbond substituents is 1. The summed E-state index contributed by atoms with van der Waals surface area (Å²) in [6.07, 6.45) is 6.28. The van der Waals surface area contributed by atoms with E-state index in [4.69, 9.17) is 30.1 Å². The Balaban J connectivity index is 0.938. The van der Waals surface area contributed by atoms with E-state index in [1.165, 1.54) is 11.0 Å². The number of nitrogens with two attached hydrogens (primary N) is 2. The van der Waals surface area contributed by atoms with Crippen LogP contribution in [-0.2, 0) is 27.2 Å². The first-order valence-electron chi connectivity index (χ1n) is 18.6. The van der Waals surface area contributed by atoms with Crippen molar-refractivity contribution in [3.05, 3.63) is 93.3 Å². The highest BCUT2D eigenvalue weighted by molar-refractivity contribution is 6.06. The summed E-state index contributed by atoms with van der Waals surface area (Å²) in [7, 11) is 0. The van der Waals surface area contributed by atoms with Gasteiger partial charge in [0.1, 0.15) is 76.6 Å². The monoisotopic (exact) mass is 747 g/mol. The van der Waals surface area contributed by atoms with E-state index < -0.39 is 35.3 Å². The lowest BCUT2D eigenvalue weighted by Crippen LogP contribution is -3.05. The minimum atomic E-state index is -1.25. The standard InChI is InChI=1S/C41H42N6O8/c1-20-8-29(49)36-30(52-20)14-31-35(37(36)50)26-9-22(19-48)15-41(39(51)53-38(26)40(2,3)54-31)32(55-41)5-4-21-10-27(46-33(42)11-21)24-12-25(45-34(43)13-24)17-47-16-23-6-7-44-28(23)18-47/h6-8,10-14,16,22,26,32,38,48,50H,4-5,9,15,17-19H2,1-3H3,(H2,42,46)(H2,43,45)/p+1. The molecule has 55 heavy (non-hydrogen) atoms. The molecule has 6 unspecified atom stereocenters. The number of phenols is 1. The SMILES string of the molecule is Cc1cc(=O)c2c(O)c3c(cc2o1)OC(C)(C)C1OC(=O)C2(CC(CO)CC31)OC2CCc1cc(N)nc(-c2cc(N)nc(C[NH+]3C=C4C=CN=C4C3)c2)c1. The fourth-order valence-corrected chi connectivity index (χ4v) is 9.02. The van der Waals surface area contributed by atoms with E-state index in [9.17, 15) is 19.8 Å². The number of nitrogens with zero attached hydrogens (tertiary/aromatic N) is 3. The van der Waals surface area contributed by atoms with E-state index >= 15 is 0 Å². The number of nitrogen functional groups attached to an aromatic ring is 2. The van der Waals surface area contributed by atoms with Gasteiger partial charge in [0.25, 0.3) is 0 Å². The lowest BCUT2D eigenvalue weighted by atomic mass is 9.73. The van der Waals surface area contributed by atoms with Crippen molar-refractivity contribution in [1.82, 2.24) is 9.97 Å². The highest BCUT2D eigenvalue weighted by Crippen LogP contribution is 2.55. The van der Waals surface area contributed by atoms with Gasteiger partial charge in [0.2, 0.25) is 0 Å². The Labute approximate surface area is 316 Å². The number of aliphatic hydroxyl groups excluding tert-OH is 1. The number of fused-ring (bicyclic) bond motifs is 5. The molecule has 8 heterocycles. The summed E-state index contributed by atoms with van der Waals surface area (Å²) in [5.74, 6) is -0.276. The van der Waals surface area contributed by atoms with Crippen LogP contribution in [0.1, 0.15) is 61.6 Å². The number of carbonyl (C=O) groups is 1. The minimum Gasteiger partial charge on any atom is -0.507 e. The number of aliphatic hydroxyl groups is 1. The number of epoxide rings is 1. The Kier molecular flexibility index (Phi) is 8.15. The number of aryl methyl sites for hydroxylation is 2. The third-order valence-electron chi connectivity index (χ3n) is 11.5. The number of pyridine rings is 2. The summed E-state index contributed by atoms with van der Waals surface area (Å²) in [4.78, 5) is 41.9. The number of carbonyl (C=O) groups excluding carboxylic acids is 1. The lowest BCUT2D eigenvalue weighted by molar-refractivity contribution is -0.848. The Morgan fingerprint density at radius 2 is 1.87 bits per heavy atom. The average Bonchev–Trinajstić information content (AvgIpc) is 3.41. The minimum absolute atomic E-state index is 0.0339. The number of anilines is 2. The molecular formula is C41H43N6O8+. The van der Waals surface area contributed by atoms with Crippen molar-refractivity contribution in [2.75, 3.05) is 24.6 Å². The largest absolute Gasteiger partial charge is 0.507 e. The first kappa shape index (κ1) is 35.2. The Morgan fingerprint density at radius 1 is 1.05 bits per heavy atom. The van der Waals surface area contributed by atoms with Gasteiger partial charge in [0, 0.05) is 42.0 Å². The van der Waals surface area contributed by atoms with Gasteiger partial charge in [-0.05, 0) is 88.3 Å². The first-order chi connectivity index (χ1) is 26.3. The van der Waals surface area contributed by atoms with Crippen molar-refractivity contribution in [2.24, 2.45) is 10.9 Å². The molecule has 0 saturated carbocycles. The average molecular weight is 748 g/mol. The molecule has 1 aromatic carbocycles. The molecule has 14 nitrogen and oxygen atoms in total. The van der Waals surface area contributed by atoms with E-state index in [1.807, 2.05) is 44.3 Å². The van der Waals surface area contributed by atoms with Crippen LogP contribution in [0.15, 0.2) is 74.7 Å². The first-order valence-corrected chi connectivity index (χ1v) is 18.6. The molecular weight excluding hydrogens is 704 g/mol. The summed E-state index contributed by atoms with van der Waals surface area (Å²) < 4.78 is 24.6. The molecule has 3 aromatic heterocycles. The second-order valence-electron chi connectivity index (χ2n) is 16.0. The van der Waals surface area contributed by atoms with E-state index in [1.54, 1.807) is 19.1 Å². The Bertz CT molecular complexity index is 2440. The van der Waals surface area contributed by atoms with Crippen LogP contribution in [0.25, 0.3) is 22.2 Å². The number of aliphatic imine (C=N–C) groups is 1. The number of nitrogens with one attached hydrogen (secondary N) is 1. The molecule has 5 aliphatic rings. The van der Waals surface area contributed by atoms with Crippen LogP contribution in [0, 0.1) is 12.8 Å². The molecule has 1 spiro atoms. The number of ether oxygens (including phenoxy) is 3. The zero-order chi connectivity index (χ0) is 38.4. The molecule has 9 rings (SSSR count). The van der Waals surface area contributed by atoms with Crippen LogP contribution in [0.3, 0.4) is 0 Å². The van der Waals surface area contributed by atoms with Gasteiger partial charge in [-0.25, -0.2) is 14.8 Å². The van der Waals surface area contributed by atoms with Gasteiger partial charge in [0.15, 0.2) is 11.0 Å². The van der Waals surface area contributed by atoms with Crippen molar-refractivity contribution in [1.29, 1.82) is 0 Å². The fourth-order valence-electron chi connectivity index (χ4n) is 9.02. The van der Waals surface area contributed by atoms with Gasteiger partial charge < -0.3 is 40.3 Å². The molecule has 5 aliphatic heterocycles. The molecule has 0 aliphatic carbocycles. The molecule has 14 heteroatoms. The maximum Gasteiger partial charge on any atom is 0.341 e. The summed E-state index contributed by atoms with van der Waals surface area (Å²) in [6, 6.07) is 10.5. The second kappa shape index (κ2) is 12.8. The number of allylic oxidation sites excluding steroid dienone is 1. The predicted octanol–water partition coefficient (Wildman–Crippen LogP) is 3.02. The third-order valence-corrected chi connectivity index (χ3v) is 11.5. The molecule has 7 N–H and O–H groups in total. The molecule has 2 fully saturated rings. The highest BCUT2D eigenvalue weighted by Gasteiger charge is 2.66. The van der Waals surface area contributed by atoms with Crippen LogP contribution >= 0.6 is 0 Å². The topological polar surface area (TPSA) is 213 Å². The molecule has 2 saturated heterocycles. The maximum absolute atomic E-state index is 14.1. The zero-order valence-corrected chi connectivity index (χ0v) is 30.8. The van der Waals surface area contributed by atoms with Gasteiger partial charge in [0.05, 0.1) is 23.1 Å². The molecule has 6 atom stereocenters. The number of hydrogen-bond donors (Lipinski definition) is 5. The van der Waals surface area contributed by atoms with Crippen LogP contribution in [-0.4, -0.2) is 68.4 Å². The van der Waals surface area contributed by atoms with Gasteiger partial charge in [-0.1, -0.05) is 0 Å². The number of hydrogen-bond acceptors (Lipinski definition) is 13. The third kappa shape index (κ3) is 6.14. The van der Waals surface area contributed by atoms with Crippen LogP contribution in [0.2, 0.25) is 0 Å². The Morgan fingerprint density at radius 3 is 2.67 bits per heavy atom. The predicted molar refractivity (Wildman–Crippen MR) is 202 cm³/mol. The molecule has 4 aromatic rings. The molecule has 0 amide bonds. The van der Waals surface area contributed by atoms with Crippen molar-refractivity contribution in [3.8, 4) is 22.8 Å². The lowest BCUT2D eigenvalue weighted by Gasteiger charge is -2.46. The molecule has 0 radical (unpaired) electrons. The quantitative estimate of drug-likeness (QED) is 0.136. The number of benzene rings is 1. The summed E-state index contributed by atoms with van der Waals surface area (Å²) in [6.45, 7) is 6.50. The normalized spacial score (nSPS) is 27.3. The van der Waals surface area contributed by atoms with Gasteiger partial charge in [-0.3, -0.25) is 14.7 Å². The van der Waals surface area contributed by atoms with Crippen molar-refractivity contribution >= 4 is 34.3 Å². The van der Waals surface area contributed by atoms with E-state index in [0.29, 0.717) is 60.2 Å². The molecule has 0 bridgehead atoms. The van der Waals surface area contributed by atoms with E-state index in [2.05, 4.69) is 21.2 Å². The number of esters is 1. The maximum atomic E-state index is 14.1. The summed E-state index contributed by atoms with van der Waals surface area (Å²) in [5, 5.41) is 22.2. The summed E-state index contributed by atoms with van der Waals surface area (Å²) in [5.41, 5.74) is 15.9. The van der Waals surface area contributed by atoms with Crippen LogP contribution in [0.5, 0.6) is 11.5 Å². The van der Waals surface area contributed by atoms with Crippen molar-refractivity contribution in [2.45, 2.75) is 82.3 Å².